The molecule has 5 heteroatoms. The van der Waals surface area contributed by atoms with E-state index in [9.17, 15) is 0 Å². The molecule has 1 unspecified atom stereocenters. The summed E-state index contributed by atoms with van der Waals surface area (Å²) in [6.07, 6.45) is 8.18. The Morgan fingerprint density at radius 3 is 2.81 bits per heavy atom. The van der Waals surface area contributed by atoms with Crippen LogP contribution in [0.15, 0.2) is 52.7 Å². The maximum atomic E-state index is 6.28. The molecule has 0 aliphatic heterocycles. The molecule has 3 nitrogen and oxygen atoms in total. The second-order valence-electron chi connectivity index (χ2n) is 6.77. The summed E-state index contributed by atoms with van der Waals surface area (Å²) in [4.78, 5) is 4.54. The normalized spacial score (nSPS) is 16.0. The molecule has 1 aliphatic rings. The molecular formula is C21H24N2OS2. The summed E-state index contributed by atoms with van der Waals surface area (Å²) in [5.74, 6) is 1.03. The first-order chi connectivity index (χ1) is 12.9. The number of nitrogens with one attached hydrogen (secondary N) is 1. The minimum atomic E-state index is 0.226. The average molecular weight is 385 g/mol. The highest BCUT2D eigenvalue weighted by molar-refractivity contribution is 7.09. The maximum absolute atomic E-state index is 6.28. The van der Waals surface area contributed by atoms with Crippen LogP contribution in [0.1, 0.15) is 47.9 Å². The monoisotopic (exact) mass is 384 g/mol. The van der Waals surface area contributed by atoms with Crippen LogP contribution in [0.2, 0.25) is 0 Å². The van der Waals surface area contributed by atoms with Crippen LogP contribution in [0.25, 0.3) is 0 Å². The lowest BCUT2D eigenvalue weighted by Gasteiger charge is -2.20. The molecule has 1 aromatic carbocycles. The highest BCUT2D eigenvalue weighted by Gasteiger charge is 2.19. The highest BCUT2D eigenvalue weighted by Crippen LogP contribution is 2.28. The van der Waals surface area contributed by atoms with Gasteiger partial charge in [-0.25, -0.2) is 4.98 Å². The SMILES string of the molecule is c1ccc(OC2CCCC2)c(CNC(Cc2ccsc2)c2nccs2)c1. The van der Waals surface area contributed by atoms with Crippen LogP contribution in [0.5, 0.6) is 5.75 Å². The number of hydrogen-bond acceptors (Lipinski definition) is 5. The third-order valence-corrected chi connectivity index (χ3v) is 6.50. The molecule has 0 radical (unpaired) electrons. The van der Waals surface area contributed by atoms with Gasteiger partial charge in [0.05, 0.1) is 12.1 Å². The fourth-order valence-corrected chi connectivity index (χ4v) is 4.88. The van der Waals surface area contributed by atoms with E-state index in [-0.39, 0.29) is 6.04 Å². The van der Waals surface area contributed by atoms with E-state index in [4.69, 9.17) is 4.74 Å². The summed E-state index contributed by atoms with van der Waals surface area (Å²) in [6, 6.07) is 10.9. The number of thiophene rings is 1. The summed E-state index contributed by atoms with van der Waals surface area (Å²) < 4.78 is 6.28. The fraction of sp³-hybridized carbons (Fsp3) is 0.381. The van der Waals surface area contributed by atoms with Gasteiger partial charge in [0.2, 0.25) is 0 Å². The number of aromatic nitrogens is 1. The van der Waals surface area contributed by atoms with Gasteiger partial charge < -0.3 is 10.1 Å². The molecule has 2 aromatic heterocycles. The van der Waals surface area contributed by atoms with Crippen molar-refractivity contribution in [3.05, 3.63) is 68.8 Å². The van der Waals surface area contributed by atoms with E-state index in [0.29, 0.717) is 6.10 Å². The zero-order valence-corrected chi connectivity index (χ0v) is 16.4. The summed E-state index contributed by atoms with van der Waals surface area (Å²) in [7, 11) is 0. The fourth-order valence-electron chi connectivity index (χ4n) is 3.48. The standard InChI is InChI=1S/C21H24N2OS2/c1-4-8-20(24-18-6-2-3-7-18)17(5-1)14-23-19(21-22-10-12-26-21)13-16-9-11-25-15-16/h1,4-5,8-12,15,18-19,23H,2-3,6-7,13-14H2. The quantitative estimate of drug-likeness (QED) is 0.549. The van der Waals surface area contributed by atoms with Gasteiger partial charge in [-0.2, -0.15) is 11.3 Å². The number of hydrogen-bond donors (Lipinski definition) is 1. The first-order valence-electron chi connectivity index (χ1n) is 9.27. The summed E-state index contributed by atoms with van der Waals surface area (Å²) in [5, 5.41) is 11.3. The number of benzene rings is 1. The summed E-state index contributed by atoms with van der Waals surface area (Å²) in [5.41, 5.74) is 2.59. The molecule has 2 heterocycles. The van der Waals surface area contributed by atoms with Crippen LogP contribution in [0.3, 0.4) is 0 Å². The molecule has 3 aromatic rings. The Morgan fingerprint density at radius 1 is 1.15 bits per heavy atom. The van der Waals surface area contributed by atoms with Gasteiger partial charge in [0.15, 0.2) is 0 Å². The minimum Gasteiger partial charge on any atom is -0.490 e. The molecule has 0 saturated heterocycles. The maximum Gasteiger partial charge on any atom is 0.124 e. The van der Waals surface area contributed by atoms with Crippen LogP contribution in [0.4, 0.5) is 0 Å². The first-order valence-corrected chi connectivity index (χ1v) is 11.1. The molecule has 1 saturated carbocycles. The third kappa shape index (κ3) is 4.53. The molecule has 26 heavy (non-hydrogen) atoms. The Bertz CT molecular complexity index is 780. The van der Waals surface area contributed by atoms with Crippen molar-refractivity contribution < 1.29 is 4.74 Å². The van der Waals surface area contributed by atoms with Gasteiger partial charge in [0.1, 0.15) is 10.8 Å². The van der Waals surface area contributed by atoms with Crippen LogP contribution in [0, 0.1) is 0 Å². The Morgan fingerprint density at radius 2 is 2.04 bits per heavy atom. The zero-order valence-electron chi connectivity index (χ0n) is 14.8. The van der Waals surface area contributed by atoms with Gasteiger partial charge in [-0.1, -0.05) is 18.2 Å². The van der Waals surface area contributed by atoms with Crippen molar-refractivity contribution >= 4 is 22.7 Å². The predicted octanol–water partition coefficient (Wildman–Crippen LogP) is 5.60. The number of rotatable bonds is 8. The Hall–Kier alpha value is -1.69. The second-order valence-corrected chi connectivity index (χ2v) is 8.48. The number of nitrogens with zero attached hydrogens (tertiary/aromatic N) is 1. The summed E-state index contributed by atoms with van der Waals surface area (Å²) in [6.45, 7) is 0.789. The smallest absolute Gasteiger partial charge is 0.124 e. The number of thiazole rings is 1. The Labute approximate surface area is 163 Å². The van der Waals surface area contributed by atoms with Gasteiger partial charge in [-0.3, -0.25) is 0 Å². The van der Waals surface area contributed by atoms with Crippen LogP contribution in [-0.4, -0.2) is 11.1 Å². The Balaban J connectivity index is 1.45. The Kier molecular flexibility index (Phi) is 5.99. The lowest BCUT2D eigenvalue weighted by atomic mass is 10.1. The lowest BCUT2D eigenvalue weighted by Crippen LogP contribution is -2.23. The second kappa shape index (κ2) is 8.80. The number of para-hydroxylation sites is 1. The largest absolute Gasteiger partial charge is 0.490 e. The van der Waals surface area contributed by atoms with Crippen LogP contribution < -0.4 is 10.1 Å². The highest BCUT2D eigenvalue weighted by atomic mass is 32.1. The zero-order chi connectivity index (χ0) is 17.6. The molecular weight excluding hydrogens is 360 g/mol. The summed E-state index contributed by atoms with van der Waals surface area (Å²) >= 11 is 3.47. The molecule has 136 valence electrons. The van der Waals surface area contributed by atoms with Gasteiger partial charge in [-0.05, 0) is 60.6 Å². The van der Waals surface area contributed by atoms with Gasteiger partial charge in [0, 0.05) is 23.7 Å². The van der Waals surface area contributed by atoms with E-state index in [1.54, 1.807) is 22.7 Å². The van der Waals surface area contributed by atoms with E-state index in [0.717, 1.165) is 23.7 Å². The van der Waals surface area contributed by atoms with Crippen molar-refractivity contribution in [2.24, 2.45) is 0 Å². The molecule has 0 spiro atoms. The van der Waals surface area contributed by atoms with Crippen molar-refractivity contribution in [3.63, 3.8) is 0 Å². The minimum absolute atomic E-state index is 0.226. The number of ether oxygens (including phenoxy) is 1. The van der Waals surface area contributed by atoms with Crippen LogP contribution in [-0.2, 0) is 13.0 Å². The van der Waals surface area contributed by atoms with E-state index in [1.807, 2.05) is 6.20 Å². The van der Waals surface area contributed by atoms with Crippen molar-refractivity contribution in [2.45, 2.75) is 50.8 Å². The van der Waals surface area contributed by atoms with Crippen molar-refractivity contribution in [1.29, 1.82) is 0 Å². The molecule has 1 atom stereocenters. The van der Waals surface area contributed by atoms with E-state index >= 15 is 0 Å². The van der Waals surface area contributed by atoms with Gasteiger partial charge >= 0.3 is 0 Å². The topological polar surface area (TPSA) is 34.1 Å². The van der Waals surface area contributed by atoms with Gasteiger partial charge in [0.25, 0.3) is 0 Å². The lowest BCUT2D eigenvalue weighted by molar-refractivity contribution is 0.207. The van der Waals surface area contributed by atoms with Crippen molar-refractivity contribution in [2.75, 3.05) is 0 Å². The predicted molar refractivity (Wildman–Crippen MR) is 109 cm³/mol. The van der Waals surface area contributed by atoms with Crippen LogP contribution >= 0.6 is 22.7 Å². The van der Waals surface area contributed by atoms with E-state index in [2.05, 4.69) is 56.8 Å². The van der Waals surface area contributed by atoms with E-state index in [1.165, 1.54) is 36.8 Å². The van der Waals surface area contributed by atoms with E-state index < -0.39 is 0 Å². The molecule has 1 fully saturated rings. The first kappa shape index (κ1) is 17.7. The van der Waals surface area contributed by atoms with Gasteiger partial charge in [-0.15, -0.1) is 11.3 Å². The molecule has 0 bridgehead atoms. The van der Waals surface area contributed by atoms with Crippen molar-refractivity contribution in [1.82, 2.24) is 10.3 Å². The molecule has 1 aliphatic carbocycles. The molecule has 0 amide bonds. The third-order valence-electron chi connectivity index (χ3n) is 4.88. The average Bonchev–Trinajstić information content (AvgIpc) is 3.42. The molecule has 4 rings (SSSR count). The van der Waals surface area contributed by atoms with Crippen molar-refractivity contribution in [3.8, 4) is 5.75 Å². The molecule has 1 N–H and O–H groups in total.